The van der Waals surface area contributed by atoms with Crippen LogP contribution < -0.4 is 0 Å². The normalized spacial score (nSPS) is 29.0. The van der Waals surface area contributed by atoms with Crippen molar-refractivity contribution >= 4 is 0 Å². The summed E-state index contributed by atoms with van der Waals surface area (Å²) < 4.78 is 0. The van der Waals surface area contributed by atoms with E-state index in [0.29, 0.717) is 11.8 Å². The minimum Gasteiger partial charge on any atom is -0.388 e. The molecular formula is C13H18O. The molecule has 0 amide bonds. The van der Waals surface area contributed by atoms with Gasteiger partial charge in [-0.2, -0.15) is 0 Å². The Bertz CT molecular complexity index is 281. The van der Waals surface area contributed by atoms with E-state index in [1.54, 1.807) is 0 Å². The van der Waals surface area contributed by atoms with Gasteiger partial charge in [-0.1, -0.05) is 50.1 Å². The average molecular weight is 190 g/mol. The highest BCUT2D eigenvalue weighted by molar-refractivity contribution is 5.18. The van der Waals surface area contributed by atoms with E-state index in [4.69, 9.17) is 0 Å². The lowest BCUT2D eigenvalue weighted by Gasteiger charge is -2.22. The lowest BCUT2D eigenvalue weighted by Crippen LogP contribution is -2.14. The van der Waals surface area contributed by atoms with Crippen LogP contribution in [0.2, 0.25) is 0 Å². The van der Waals surface area contributed by atoms with E-state index in [2.05, 4.69) is 6.92 Å². The van der Waals surface area contributed by atoms with Gasteiger partial charge < -0.3 is 5.11 Å². The first-order valence-corrected chi connectivity index (χ1v) is 5.52. The van der Waals surface area contributed by atoms with Crippen LogP contribution in [0.5, 0.6) is 0 Å². The van der Waals surface area contributed by atoms with Crippen molar-refractivity contribution < 1.29 is 5.11 Å². The van der Waals surface area contributed by atoms with Crippen molar-refractivity contribution in [2.24, 2.45) is 11.8 Å². The summed E-state index contributed by atoms with van der Waals surface area (Å²) in [4.78, 5) is 0. The highest BCUT2D eigenvalue weighted by Crippen LogP contribution is 2.39. The molecule has 0 radical (unpaired) electrons. The Balaban J connectivity index is 2.12. The molecule has 14 heavy (non-hydrogen) atoms. The second kappa shape index (κ2) is 4.14. The molecule has 1 nitrogen and oxygen atoms in total. The first-order chi connectivity index (χ1) is 6.79. The lowest BCUT2D eigenvalue weighted by molar-refractivity contribution is 0.0900. The lowest BCUT2D eigenvalue weighted by atomic mass is 9.88. The van der Waals surface area contributed by atoms with Gasteiger partial charge in [0.25, 0.3) is 0 Å². The molecule has 1 saturated carbocycles. The van der Waals surface area contributed by atoms with Crippen LogP contribution in [0.4, 0.5) is 0 Å². The summed E-state index contributed by atoms with van der Waals surface area (Å²) in [5.74, 6) is 1.14. The molecule has 1 aromatic rings. The molecule has 0 aromatic heterocycles. The molecule has 1 heteroatoms. The molecule has 1 unspecified atom stereocenters. The van der Waals surface area contributed by atoms with Crippen LogP contribution in [0, 0.1) is 11.8 Å². The fourth-order valence-electron chi connectivity index (χ4n) is 2.54. The van der Waals surface area contributed by atoms with Gasteiger partial charge in [0, 0.05) is 0 Å². The second-order valence-corrected chi connectivity index (χ2v) is 4.43. The smallest absolute Gasteiger partial charge is 0.0820 e. The molecule has 0 heterocycles. The van der Waals surface area contributed by atoms with E-state index < -0.39 is 0 Å². The maximum atomic E-state index is 10.2. The zero-order valence-electron chi connectivity index (χ0n) is 8.69. The summed E-state index contributed by atoms with van der Waals surface area (Å²) in [7, 11) is 0. The van der Waals surface area contributed by atoms with Crippen molar-refractivity contribution in [1.29, 1.82) is 0 Å². The Morgan fingerprint density at radius 1 is 1.21 bits per heavy atom. The zero-order chi connectivity index (χ0) is 9.97. The number of aliphatic hydroxyl groups excluding tert-OH is 1. The van der Waals surface area contributed by atoms with E-state index >= 15 is 0 Å². The summed E-state index contributed by atoms with van der Waals surface area (Å²) in [6.45, 7) is 2.25. The van der Waals surface area contributed by atoms with Gasteiger partial charge in [-0.3, -0.25) is 0 Å². The SMILES string of the molecule is C[C@H]1CCC[C@H]1C(O)c1ccccc1. The Hall–Kier alpha value is -0.820. The van der Waals surface area contributed by atoms with Gasteiger partial charge in [0.05, 0.1) is 6.10 Å². The van der Waals surface area contributed by atoms with Crippen LogP contribution in [-0.4, -0.2) is 5.11 Å². The molecule has 1 N–H and O–H groups in total. The molecule has 0 aliphatic heterocycles. The van der Waals surface area contributed by atoms with Gasteiger partial charge in [-0.05, 0) is 23.8 Å². The molecule has 3 atom stereocenters. The van der Waals surface area contributed by atoms with Gasteiger partial charge in [-0.25, -0.2) is 0 Å². The van der Waals surface area contributed by atoms with Gasteiger partial charge >= 0.3 is 0 Å². The van der Waals surface area contributed by atoms with Crippen LogP contribution in [-0.2, 0) is 0 Å². The van der Waals surface area contributed by atoms with Crippen molar-refractivity contribution in [2.75, 3.05) is 0 Å². The van der Waals surface area contributed by atoms with Crippen LogP contribution in [0.3, 0.4) is 0 Å². The Morgan fingerprint density at radius 2 is 1.93 bits per heavy atom. The van der Waals surface area contributed by atoms with Gasteiger partial charge in [0.15, 0.2) is 0 Å². The van der Waals surface area contributed by atoms with E-state index in [1.807, 2.05) is 30.3 Å². The fourth-order valence-corrected chi connectivity index (χ4v) is 2.54. The summed E-state index contributed by atoms with van der Waals surface area (Å²) in [6.07, 6.45) is 3.47. The van der Waals surface area contributed by atoms with Gasteiger partial charge in [0.2, 0.25) is 0 Å². The molecule has 1 aliphatic carbocycles. The van der Waals surface area contributed by atoms with Crippen molar-refractivity contribution in [2.45, 2.75) is 32.3 Å². The van der Waals surface area contributed by atoms with Crippen molar-refractivity contribution in [3.05, 3.63) is 35.9 Å². The van der Waals surface area contributed by atoms with E-state index in [1.165, 1.54) is 19.3 Å². The van der Waals surface area contributed by atoms with Crippen molar-refractivity contribution in [3.8, 4) is 0 Å². The third-order valence-corrected chi connectivity index (χ3v) is 3.47. The average Bonchev–Trinajstić information content (AvgIpc) is 2.65. The van der Waals surface area contributed by atoms with E-state index in [9.17, 15) is 5.11 Å². The number of benzene rings is 1. The quantitative estimate of drug-likeness (QED) is 0.759. The third-order valence-electron chi connectivity index (χ3n) is 3.47. The zero-order valence-corrected chi connectivity index (χ0v) is 8.69. The maximum Gasteiger partial charge on any atom is 0.0820 e. The predicted molar refractivity (Wildman–Crippen MR) is 57.9 cm³/mol. The highest BCUT2D eigenvalue weighted by Gasteiger charge is 2.30. The van der Waals surface area contributed by atoms with Crippen molar-refractivity contribution in [3.63, 3.8) is 0 Å². The molecule has 0 bridgehead atoms. The van der Waals surface area contributed by atoms with Crippen LogP contribution in [0.15, 0.2) is 30.3 Å². The summed E-state index contributed by atoms with van der Waals surface area (Å²) in [6, 6.07) is 10.0. The van der Waals surface area contributed by atoms with E-state index in [-0.39, 0.29) is 6.10 Å². The first kappa shape index (κ1) is 9.72. The first-order valence-electron chi connectivity index (χ1n) is 5.52. The molecule has 1 aromatic carbocycles. The Kier molecular flexibility index (Phi) is 2.87. The maximum absolute atomic E-state index is 10.2. The largest absolute Gasteiger partial charge is 0.388 e. The minimum absolute atomic E-state index is 0.256. The number of hydrogen-bond acceptors (Lipinski definition) is 1. The molecule has 1 aliphatic rings. The Labute approximate surface area is 85.8 Å². The molecule has 0 saturated heterocycles. The topological polar surface area (TPSA) is 20.2 Å². The monoisotopic (exact) mass is 190 g/mol. The van der Waals surface area contributed by atoms with Crippen LogP contribution in [0.1, 0.15) is 37.9 Å². The molecule has 0 spiro atoms. The number of aliphatic hydroxyl groups is 1. The van der Waals surface area contributed by atoms with Gasteiger partial charge in [-0.15, -0.1) is 0 Å². The fraction of sp³-hybridized carbons (Fsp3) is 0.538. The minimum atomic E-state index is -0.256. The standard InChI is InChI=1S/C13H18O/c1-10-6-5-9-12(10)13(14)11-7-3-2-4-8-11/h2-4,7-8,10,12-14H,5-6,9H2,1H3/t10-,12+,13?/m0/s1. The van der Waals surface area contributed by atoms with Crippen LogP contribution >= 0.6 is 0 Å². The summed E-state index contributed by atoms with van der Waals surface area (Å²) >= 11 is 0. The summed E-state index contributed by atoms with van der Waals surface area (Å²) in [5.41, 5.74) is 1.08. The molecule has 1 fully saturated rings. The second-order valence-electron chi connectivity index (χ2n) is 4.43. The molecule has 76 valence electrons. The predicted octanol–water partition coefficient (Wildman–Crippen LogP) is 3.16. The molecular weight excluding hydrogens is 172 g/mol. The van der Waals surface area contributed by atoms with E-state index in [0.717, 1.165) is 5.56 Å². The van der Waals surface area contributed by atoms with Gasteiger partial charge in [0.1, 0.15) is 0 Å². The van der Waals surface area contributed by atoms with Crippen molar-refractivity contribution in [1.82, 2.24) is 0 Å². The number of rotatable bonds is 2. The number of hydrogen-bond donors (Lipinski definition) is 1. The van der Waals surface area contributed by atoms with Crippen LogP contribution in [0.25, 0.3) is 0 Å². The third kappa shape index (κ3) is 1.83. The summed E-state index contributed by atoms with van der Waals surface area (Å²) in [5, 5.41) is 10.2. The Morgan fingerprint density at radius 3 is 2.50 bits per heavy atom. The molecule has 2 rings (SSSR count). The highest BCUT2D eigenvalue weighted by atomic mass is 16.3.